The number of anilines is 2. The van der Waals surface area contributed by atoms with Gasteiger partial charge in [0.1, 0.15) is 0 Å². The first-order valence-electron chi connectivity index (χ1n) is 5.25. The van der Waals surface area contributed by atoms with Gasteiger partial charge in [0.2, 0.25) is 11.1 Å². The van der Waals surface area contributed by atoms with E-state index in [1.54, 1.807) is 0 Å². The molecule has 0 aliphatic carbocycles. The number of nitrogens with two attached hydrogens (primary N) is 1. The van der Waals surface area contributed by atoms with Crippen molar-refractivity contribution < 1.29 is 4.74 Å². The fraction of sp³-hybridized carbons (Fsp3) is 0.778. The van der Waals surface area contributed by atoms with Crippen LogP contribution in [0, 0.1) is 0 Å². The van der Waals surface area contributed by atoms with Crippen LogP contribution in [0.2, 0.25) is 0 Å². The monoisotopic (exact) mass is 228 g/mol. The second kappa shape index (κ2) is 4.76. The second-order valence-corrected chi connectivity index (χ2v) is 4.33. The van der Waals surface area contributed by atoms with Gasteiger partial charge in [0.15, 0.2) is 0 Å². The SMILES string of the molecule is CCOC1CCCN(c2nc(N)ns2)C1. The molecule has 1 unspecified atom stereocenters. The van der Waals surface area contributed by atoms with Crippen LogP contribution in [-0.2, 0) is 4.74 Å². The summed E-state index contributed by atoms with van der Waals surface area (Å²) in [4.78, 5) is 6.39. The third kappa shape index (κ3) is 2.57. The lowest BCUT2D eigenvalue weighted by atomic mass is 10.1. The Bertz CT molecular complexity index is 315. The molecule has 0 amide bonds. The van der Waals surface area contributed by atoms with Crippen molar-refractivity contribution in [1.82, 2.24) is 9.36 Å². The van der Waals surface area contributed by atoms with Gasteiger partial charge in [-0.05, 0) is 19.8 Å². The van der Waals surface area contributed by atoms with Crippen LogP contribution < -0.4 is 10.6 Å². The Hall–Kier alpha value is -0.880. The highest BCUT2D eigenvalue weighted by Crippen LogP contribution is 2.23. The molecule has 1 aromatic rings. The van der Waals surface area contributed by atoms with E-state index in [0.717, 1.165) is 37.7 Å². The van der Waals surface area contributed by atoms with Gasteiger partial charge in [-0.1, -0.05) is 0 Å². The highest BCUT2D eigenvalue weighted by molar-refractivity contribution is 7.09. The van der Waals surface area contributed by atoms with Crippen LogP contribution in [0.25, 0.3) is 0 Å². The molecular formula is C9H16N4OS. The molecule has 0 bridgehead atoms. The summed E-state index contributed by atoms with van der Waals surface area (Å²) in [7, 11) is 0. The zero-order valence-corrected chi connectivity index (χ0v) is 9.66. The fourth-order valence-corrected chi connectivity index (χ4v) is 2.47. The molecule has 1 aromatic heterocycles. The lowest BCUT2D eigenvalue weighted by molar-refractivity contribution is 0.0526. The molecule has 2 heterocycles. The number of piperidine rings is 1. The molecule has 2 N–H and O–H groups in total. The van der Waals surface area contributed by atoms with E-state index in [4.69, 9.17) is 10.5 Å². The Morgan fingerprint density at radius 1 is 1.67 bits per heavy atom. The Balaban J connectivity index is 1.98. The summed E-state index contributed by atoms with van der Waals surface area (Å²) in [5, 5.41) is 0.914. The summed E-state index contributed by atoms with van der Waals surface area (Å²) in [6.07, 6.45) is 2.61. The number of nitrogen functional groups attached to an aromatic ring is 1. The molecule has 1 atom stereocenters. The predicted molar refractivity (Wildman–Crippen MR) is 61.2 cm³/mol. The van der Waals surface area contributed by atoms with Gasteiger partial charge in [-0.15, -0.1) is 0 Å². The molecular weight excluding hydrogens is 212 g/mol. The van der Waals surface area contributed by atoms with E-state index in [1.165, 1.54) is 11.5 Å². The van der Waals surface area contributed by atoms with Gasteiger partial charge in [0.05, 0.1) is 6.10 Å². The quantitative estimate of drug-likeness (QED) is 0.840. The third-order valence-electron chi connectivity index (χ3n) is 2.48. The van der Waals surface area contributed by atoms with Crippen molar-refractivity contribution in [3.63, 3.8) is 0 Å². The second-order valence-electron chi connectivity index (χ2n) is 3.60. The normalized spacial score (nSPS) is 21.9. The standard InChI is InChI=1S/C9H16N4OS/c1-2-14-7-4-3-5-13(6-7)9-11-8(10)12-15-9/h7H,2-6H2,1H3,(H2,10,12). The average Bonchev–Trinajstić information content (AvgIpc) is 2.66. The van der Waals surface area contributed by atoms with E-state index >= 15 is 0 Å². The van der Waals surface area contributed by atoms with E-state index in [1.807, 2.05) is 6.92 Å². The molecule has 1 saturated heterocycles. The molecule has 5 nitrogen and oxygen atoms in total. The van der Waals surface area contributed by atoms with Crippen molar-refractivity contribution in [1.29, 1.82) is 0 Å². The molecule has 1 fully saturated rings. The van der Waals surface area contributed by atoms with Gasteiger partial charge in [0.25, 0.3) is 0 Å². The van der Waals surface area contributed by atoms with Crippen molar-refractivity contribution >= 4 is 22.6 Å². The van der Waals surface area contributed by atoms with Crippen LogP contribution in [0.5, 0.6) is 0 Å². The Labute approximate surface area is 93.4 Å². The van der Waals surface area contributed by atoms with Crippen molar-refractivity contribution in [3.05, 3.63) is 0 Å². The summed E-state index contributed by atoms with van der Waals surface area (Å²) >= 11 is 1.36. The maximum absolute atomic E-state index is 5.62. The summed E-state index contributed by atoms with van der Waals surface area (Å²) in [6, 6.07) is 0. The predicted octanol–water partition coefficient (Wildman–Crippen LogP) is 1.13. The Morgan fingerprint density at radius 2 is 2.53 bits per heavy atom. The first-order valence-corrected chi connectivity index (χ1v) is 6.02. The zero-order valence-electron chi connectivity index (χ0n) is 8.85. The third-order valence-corrected chi connectivity index (χ3v) is 3.27. The molecule has 0 radical (unpaired) electrons. The molecule has 1 aliphatic heterocycles. The van der Waals surface area contributed by atoms with Gasteiger partial charge in [-0.2, -0.15) is 9.36 Å². The summed E-state index contributed by atoms with van der Waals surface area (Å²) in [5.41, 5.74) is 5.51. The molecule has 6 heteroatoms. The number of hydrogen-bond acceptors (Lipinski definition) is 6. The molecule has 2 rings (SSSR count). The van der Waals surface area contributed by atoms with Crippen LogP contribution in [0.4, 0.5) is 11.1 Å². The summed E-state index contributed by atoms with van der Waals surface area (Å²) in [5.74, 6) is 0.369. The van der Waals surface area contributed by atoms with Gasteiger partial charge >= 0.3 is 0 Å². The zero-order chi connectivity index (χ0) is 10.7. The Kier molecular flexibility index (Phi) is 3.37. The fourth-order valence-electron chi connectivity index (χ4n) is 1.84. The maximum atomic E-state index is 5.62. The van der Waals surface area contributed by atoms with Crippen LogP contribution in [0.1, 0.15) is 19.8 Å². The highest BCUT2D eigenvalue weighted by atomic mass is 32.1. The molecule has 0 aromatic carbocycles. The van der Waals surface area contributed by atoms with Gasteiger partial charge < -0.3 is 15.4 Å². The smallest absolute Gasteiger partial charge is 0.233 e. The first kappa shape index (κ1) is 10.6. The minimum absolute atomic E-state index is 0.328. The van der Waals surface area contributed by atoms with Gasteiger partial charge in [0, 0.05) is 31.2 Å². The van der Waals surface area contributed by atoms with Crippen LogP contribution in [0.15, 0.2) is 0 Å². The van der Waals surface area contributed by atoms with Crippen molar-refractivity contribution in [2.24, 2.45) is 0 Å². The maximum Gasteiger partial charge on any atom is 0.233 e. The van der Waals surface area contributed by atoms with E-state index in [0.29, 0.717) is 12.1 Å². The highest BCUT2D eigenvalue weighted by Gasteiger charge is 2.22. The first-order chi connectivity index (χ1) is 7.29. The van der Waals surface area contributed by atoms with E-state index in [2.05, 4.69) is 14.3 Å². The minimum atomic E-state index is 0.328. The number of rotatable bonds is 3. The number of ether oxygens (including phenoxy) is 1. The van der Waals surface area contributed by atoms with E-state index < -0.39 is 0 Å². The van der Waals surface area contributed by atoms with E-state index in [-0.39, 0.29) is 0 Å². The van der Waals surface area contributed by atoms with Crippen molar-refractivity contribution in [2.45, 2.75) is 25.9 Å². The van der Waals surface area contributed by atoms with Gasteiger partial charge in [-0.3, -0.25) is 0 Å². The van der Waals surface area contributed by atoms with Crippen LogP contribution >= 0.6 is 11.5 Å². The molecule has 1 aliphatic rings. The van der Waals surface area contributed by atoms with Crippen molar-refractivity contribution in [3.8, 4) is 0 Å². The van der Waals surface area contributed by atoms with Crippen molar-refractivity contribution in [2.75, 3.05) is 30.3 Å². The van der Waals surface area contributed by atoms with Crippen LogP contribution in [-0.4, -0.2) is 35.2 Å². The molecule has 0 saturated carbocycles. The number of hydrogen-bond donors (Lipinski definition) is 1. The Morgan fingerprint density at radius 3 is 3.20 bits per heavy atom. The summed E-state index contributed by atoms with van der Waals surface area (Å²) in [6.45, 7) is 4.74. The molecule has 0 spiro atoms. The van der Waals surface area contributed by atoms with Crippen LogP contribution in [0.3, 0.4) is 0 Å². The van der Waals surface area contributed by atoms with E-state index in [9.17, 15) is 0 Å². The molecule has 15 heavy (non-hydrogen) atoms. The minimum Gasteiger partial charge on any atom is -0.377 e. The lowest BCUT2D eigenvalue weighted by Crippen LogP contribution is -2.39. The van der Waals surface area contributed by atoms with Gasteiger partial charge in [-0.25, -0.2) is 0 Å². The largest absolute Gasteiger partial charge is 0.377 e. The topological polar surface area (TPSA) is 64.3 Å². The lowest BCUT2D eigenvalue weighted by Gasteiger charge is -2.31. The molecule has 84 valence electrons. The number of nitrogens with zero attached hydrogens (tertiary/aromatic N) is 3. The number of aromatic nitrogens is 2. The summed E-state index contributed by atoms with van der Waals surface area (Å²) < 4.78 is 9.61. The average molecular weight is 228 g/mol.